The van der Waals surface area contributed by atoms with Crippen LogP contribution in [0.5, 0.6) is 0 Å². The summed E-state index contributed by atoms with van der Waals surface area (Å²) >= 11 is 1.70. The van der Waals surface area contributed by atoms with Crippen LogP contribution >= 0.6 is 11.3 Å². The van der Waals surface area contributed by atoms with Crippen LogP contribution in [0, 0.1) is 5.92 Å². The molecule has 5 heteroatoms. The number of rotatable bonds is 6. The molecule has 1 aliphatic carbocycles. The van der Waals surface area contributed by atoms with Gasteiger partial charge >= 0.3 is 0 Å². The summed E-state index contributed by atoms with van der Waals surface area (Å²) in [5.74, 6) is 1.31. The Morgan fingerprint density at radius 3 is 2.81 bits per heavy atom. The summed E-state index contributed by atoms with van der Waals surface area (Å²) < 4.78 is 0. The van der Waals surface area contributed by atoms with E-state index < -0.39 is 0 Å². The van der Waals surface area contributed by atoms with Crippen molar-refractivity contribution in [3.63, 3.8) is 0 Å². The molecule has 2 heterocycles. The zero-order valence-corrected chi connectivity index (χ0v) is 16.2. The van der Waals surface area contributed by atoms with Gasteiger partial charge in [-0.05, 0) is 42.7 Å². The zero-order chi connectivity index (χ0) is 18.1. The lowest BCUT2D eigenvalue weighted by molar-refractivity contribution is 0.424. The molecule has 0 bridgehead atoms. The maximum absolute atomic E-state index is 12.6. The number of nitrogens with zero attached hydrogens (tertiary/aromatic N) is 1. The van der Waals surface area contributed by atoms with Gasteiger partial charge in [0.25, 0.3) is 5.56 Å². The first kappa shape index (κ1) is 17.4. The molecule has 4 nitrogen and oxygen atoms in total. The first-order valence-electron chi connectivity index (χ1n) is 9.43. The summed E-state index contributed by atoms with van der Waals surface area (Å²) in [6.45, 7) is 5.04. The topological polar surface area (TPSA) is 57.8 Å². The van der Waals surface area contributed by atoms with Crippen molar-refractivity contribution in [2.24, 2.45) is 5.92 Å². The van der Waals surface area contributed by atoms with Crippen molar-refractivity contribution < 1.29 is 0 Å². The van der Waals surface area contributed by atoms with Crippen LogP contribution in [0.4, 0.5) is 0 Å². The SMILES string of the molecule is CC(C)C[C@@H](NCc1nc2sc3c(c2c(=O)[nH]1)CCC3)c1ccccc1. The van der Waals surface area contributed by atoms with Gasteiger partial charge in [0.15, 0.2) is 0 Å². The van der Waals surface area contributed by atoms with Gasteiger partial charge in [0.2, 0.25) is 0 Å². The van der Waals surface area contributed by atoms with Crippen molar-refractivity contribution in [1.29, 1.82) is 0 Å². The van der Waals surface area contributed by atoms with Gasteiger partial charge in [0.05, 0.1) is 11.9 Å². The lowest BCUT2D eigenvalue weighted by Gasteiger charge is -2.21. The Hall–Kier alpha value is -1.98. The van der Waals surface area contributed by atoms with Crippen LogP contribution in [0.2, 0.25) is 0 Å². The van der Waals surface area contributed by atoms with Gasteiger partial charge in [0.1, 0.15) is 10.7 Å². The second kappa shape index (κ2) is 7.33. The number of hydrogen-bond acceptors (Lipinski definition) is 4. The Balaban J connectivity index is 1.57. The molecule has 1 aromatic carbocycles. The average Bonchev–Trinajstić information content (AvgIpc) is 3.19. The predicted molar refractivity (Wildman–Crippen MR) is 108 cm³/mol. The van der Waals surface area contributed by atoms with Crippen molar-refractivity contribution in [3.8, 4) is 0 Å². The highest BCUT2D eigenvalue weighted by Crippen LogP contribution is 2.34. The number of benzene rings is 1. The molecule has 0 aliphatic heterocycles. The van der Waals surface area contributed by atoms with E-state index in [9.17, 15) is 4.79 Å². The highest BCUT2D eigenvalue weighted by Gasteiger charge is 2.21. The fraction of sp³-hybridized carbons (Fsp3) is 0.429. The standard InChI is InChI=1S/C21H25N3OS/c1-13(2)11-16(14-7-4-3-5-8-14)22-12-18-23-20(25)19-15-9-6-10-17(15)26-21(19)24-18/h3-5,7-8,13,16,22H,6,9-12H2,1-2H3,(H,23,24,25)/t16-/m1/s1. The number of thiophene rings is 1. The average molecular weight is 368 g/mol. The molecule has 0 radical (unpaired) electrons. The van der Waals surface area contributed by atoms with Gasteiger partial charge < -0.3 is 10.3 Å². The Bertz CT molecular complexity index is 959. The number of nitrogens with one attached hydrogen (secondary N) is 2. The molecule has 26 heavy (non-hydrogen) atoms. The van der Waals surface area contributed by atoms with E-state index in [-0.39, 0.29) is 11.6 Å². The fourth-order valence-electron chi connectivity index (χ4n) is 3.84. The first-order valence-corrected chi connectivity index (χ1v) is 10.2. The largest absolute Gasteiger partial charge is 0.309 e. The molecule has 0 unspecified atom stereocenters. The number of H-pyrrole nitrogens is 1. The summed E-state index contributed by atoms with van der Waals surface area (Å²) in [5, 5.41) is 4.42. The highest BCUT2D eigenvalue weighted by atomic mass is 32.1. The number of aromatic nitrogens is 2. The third-order valence-corrected chi connectivity index (χ3v) is 6.23. The van der Waals surface area contributed by atoms with E-state index in [0.29, 0.717) is 12.5 Å². The molecule has 0 fully saturated rings. The molecular formula is C21H25N3OS. The Kier molecular flexibility index (Phi) is 4.92. The third-order valence-electron chi connectivity index (χ3n) is 5.05. The van der Waals surface area contributed by atoms with Crippen LogP contribution in [-0.2, 0) is 19.4 Å². The van der Waals surface area contributed by atoms with E-state index in [4.69, 9.17) is 4.98 Å². The van der Waals surface area contributed by atoms with Gasteiger partial charge in [-0.25, -0.2) is 4.98 Å². The molecule has 136 valence electrons. The van der Waals surface area contributed by atoms with Gasteiger partial charge in [0, 0.05) is 10.9 Å². The van der Waals surface area contributed by atoms with Crippen LogP contribution in [0.3, 0.4) is 0 Å². The van der Waals surface area contributed by atoms with Crippen LogP contribution in [0.1, 0.15) is 54.6 Å². The second-order valence-electron chi connectivity index (χ2n) is 7.52. The summed E-state index contributed by atoms with van der Waals surface area (Å²) in [5.41, 5.74) is 2.53. The van der Waals surface area contributed by atoms with E-state index in [0.717, 1.165) is 41.7 Å². The molecule has 3 aromatic rings. The van der Waals surface area contributed by atoms with E-state index >= 15 is 0 Å². The molecule has 0 saturated carbocycles. The van der Waals surface area contributed by atoms with Gasteiger partial charge in [-0.15, -0.1) is 11.3 Å². The Labute approximate surface area is 157 Å². The quantitative estimate of drug-likeness (QED) is 0.681. The van der Waals surface area contributed by atoms with Crippen molar-refractivity contribution >= 4 is 21.6 Å². The summed E-state index contributed by atoms with van der Waals surface area (Å²) in [7, 11) is 0. The van der Waals surface area contributed by atoms with Crippen molar-refractivity contribution in [2.75, 3.05) is 0 Å². The fourth-order valence-corrected chi connectivity index (χ4v) is 5.13. The molecule has 2 aromatic heterocycles. The van der Waals surface area contributed by atoms with Crippen LogP contribution < -0.4 is 10.9 Å². The first-order chi connectivity index (χ1) is 12.6. The molecule has 1 atom stereocenters. The number of hydrogen-bond donors (Lipinski definition) is 2. The number of fused-ring (bicyclic) bond motifs is 3. The van der Waals surface area contributed by atoms with E-state index in [1.165, 1.54) is 16.0 Å². The van der Waals surface area contributed by atoms with Gasteiger partial charge in [-0.2, -0.15) is 0 Å². The number of aromatic amines is 1. The minimum atomic E-state index is 0.0197. The van der Waals surface area contributed by atoms with Crippen LogP contribution in [0.25, 0.3) is 10.2 Å². The smallest absolute Gasteiger partial charge is 0.259 e. The van der Waals surface area contributed by atoms with Crippen molar-refractivity contribution in [2.45, 2.75) is 52.1 Å². The molecule has 0 spiro atoms. The normalized spacial score (nSPS) is 14.9. The summed E-state index contributed by atoms with van der Waals surface area (Å²) in [4.78, 5) is 22.6. The Morgan fingerprint density at radius 2 is 2.04 bits per heavy atom. The third kappa shape index (κ3) is 3.46. The maximum Gasteiger partial charge on any atom is 0.259 e. The van der Waals surface area contributed by atoms with E-state index in [1.807, 2.05) is 6.07 Å². The molecule has 2 N–H and O–H groups in total. The van der Waals surface area contributed by atoms with Crippen molar-refractivity contribution in [3.05, 3.63) is 62.5 Å². The summed E-state index contributed by atoms with van der Waals surface area (Å²) in [6.07, 6.45) is 4.31. The maximum atomic E-state index is 12.6. The molecular weight excluding hydrogens is 342 g/mol. The monoisotopic (exact) mass is 367 g/mol. The van der Waals surface area contributed by atoms with Crippen LogP contribution in [-0.4, -0.2) is 9.97 Å². The lowest BCUT2D eigenvalue weighted by atomic mass is 9.97. The molecule has 1 aliphatic rings. The van der Waals surface area contributed by atoms with Gasteiger partial charge in [-0.3, -0.25) is 4.79 Å². The molecule has 0 saturated heterocycles. The Morgan fingerprint density at radius 1 is 1.23 bits per heavy atom. The number of aryl methyl sites for hydroxylation is 2. The lowest BCUT2D eigenvalue weighted by Crippen LogP contribution is -2.25. The van der Waals surface area contributed by atoms with Crippen LogP contribution in [0.15, 0.2) is 35.1 Å². The minimum absolute atomic E-state index is 0.0197. The van der Waals surface area contributed by atoms with E-state index in [2.05, 4.69) is 48.4 Å². The van der Waals surface area contributed by atoms with Crippen molar-refractivity contribution in [1.82, 2.24) is 15.3 Å². The predicted octanol–water partition coefficient (Wildman–Crippen LogP) is 4.35. The minimum Gasteiger partial charge on any atom is -0.309 e. The molecule has 4 rings (SSSR count). The highest BCUT2D eigenvalue weighted by molar-refractivity contribution is 7.18. The second-order valence-corrected chi connectivity index (χ2v) is 8.61. The summed E-state index contributed by atoms with van der Waals surface area (Å²) in [6, 6.07) is 10.8. The molecule has 0 amide bonds. The van der Waals surface area contributed by atoms with E-state index in [1.54, 1.807) is 11.3 Å². The zero-order valence-electron chi connectivity index (χ0n) is 15.3. The van der Waals surface area contributed by atoms with Gasteiger partial charge in [-0.1, -0.05) is 44.2 Å².